The summed E-state index contributed by atoms with van der Waals surface area (Å²) in [6.45, 7) is 4.59. The number of ketones is 1. The minimum Gasteiger partial charge on any atom is -0.508 e. The Balaban J connectivity index is 1.91. The summed E-state index contributed by atoms with van der Waals surface area (Å²) in [4.78, 5) is 34.0. The summed E-state index contributed by atoms with van der Waals surface area (Å²) >= 11 is 0. The first-order valence-corrected chi connectivity index (χ1v) is 10.4. The van der Waals surface area contributed by atoms with E-state index in [4.69, 9.17) is 0 Å². The van der Waals surface area contributed by atoms with E-state index in [9.17, 15) is 19.8 Å². The molecule has 1 aliphatic rings. The number of imidazole rings is 1. The lowest BCUT2D eigenvalue weighted by molar-refractivity contribution is -0.140. The number of nitrogens with zero attached hydrogens (tertiary/aromatic N) is 4. The topological polar surface area (TPSA) is 98.4 Å². The van der Waals surface area contributed by atoms with E-state index in [1.807, 2.05) is 55.6 Å². The number of likely N-dealkylation sites (tertiary alicyclic amines) is 1. The number of aliphatic hydroxyl groups excluding tert-OH is 1. The van der Waals surface area contributed by atoms with Crippen LogP contribution >= 0.6 is 0 Å². The zero-order valence-corrected chi connectivity index (χ0v) is 18.5. The largest absolute Gasteiger partial charge is 0.508 e. The van der Waals surface area contributed by atoms with E-state index in [-0.39, 0.29) is 22.8 Å². The maximum Gasteiger partial charge on any atom is 0.295 e. The van der Waals surface area contributed by atoms with Crippen LogP contribution in [0.25, 0.3) is 11.4 Å². The second kappa shape index (κ2) is 8.12. The molecule has 0 spiro atoms. The Kier molecular flexibility index (Phi) is 5.48. The van der Waals surface area contributed by atoms with Crippen molar-refractivity contribution in [3.05, 3.63) is 70.7 Å². The van der Waals surface area contributed by atoms with Crippen LogP contribution in [-0.2, 0) is 9.59 Å². The molecule has 2 N–H and O–H groups in total. The van der Waals surface area contributed by atoms with Gasteiger partial charge in [0.25, 0.3) is 11.7 Å². The number of aromatic hydroxyl groups is 1. The molecule has 1 amide bonds. The van der Waals surface area contributed by atoms with Crippen molar-refractivity contribution in [1.82, 2.24) is 19.2 Å². The third-order valence-corrected chi connectivity index (χ3v) is 5.85. The Morgan fingerprint density at radius 1 is 1.12 bits per heavy atom. The van der Waals surface area contributed by atoms with E-state index >= 15 is 0 Å². The van der Waals surface area contributed by atoms with Crippen molar-refractivity contribution in [3.8, 4) is 5.75 Å². The number of hydrogen-bond acceptors (Lipinski definition) is 6. The van der Waals surface area contributed by atoms with Crippen LogP contribution < -0.4 is 0 Å². The number of amides is 1. The molecule has 32 heavy (non-hydrogen) atoms. The van der Waals surface area contributed by atoms with Gasteiger partial charge in [0.1, 0.15) is 17.1 Å². The Hall–Kier alpha value is -3.65. The van der Waals surface area contributed by atoms with Crippen LogP contribution in [-0.4, -0.2) is 68.3 Å². The molecule has 166 valence electrons. The Morgan fingerprint density at radius 3 is 2.44 bits per heavy atom. The van der Waals surface area contributed by atoms with Gasteiger partial charge in [0.15, 0.2) is 5.76 Å². The quantitative estimate of drug-likeness (QED) is 0.364. The number of hydrogen-bond donors (Lipinski definition) is 2. The van der Waals surface area contributed by atoms with Gasteiger partial charge in [-0.2, -0.15) is 0 Å². The molecule has 0 aliphatic carbocycles. The number of phenols is 1. The summed E-state index contributed by atoms with van der Waals surface area (Å²) in [6.07, 6.45) is 1.84. The highest BCUT2D eigenvalue weighted by Gasteiger charge is 2.46. The second-order valence-corrected chi connectivity index (χ2v) is 8.32. The van der Waals surface area contributed by atoms with Crippen molar-refractivity contribution >= 4 is 23.1 Å². The van der Waals surface area contributed by atoms with Crippen LogP contribution in [0.4, 0.5) is 0 Å². The number of Topliss-reactive ketones (excluding diaryl/α,β-unsaturated/α-hetero) is 1. The monoisotopic (exact) mass is 434 g/mol. The number of phenolic OH excluding ortho intramolecular Hbond substituents is 1. The third-order valence-electron chi connectivity index (χ3n) is 5.85. The lowest BCUT2D eigenvalue weighted by atomic mass is 9.96. The summed E-state index contributed by atoms with van der Waals surface area (Å²) in [7, 11) is 3.77. The summed E-state index contributed by atoms with van der Waals surface area (Å²) in [5, 5.41) is 21.0. The molecule has 1 aliphatic heterocycles. The molecule has 1 saturated heterocycles. The van der Waals surface area contributed by atoms with Crippen LogP contribution in [0, 0.1) is 13.8 Å². The molecular formula is C24H26N4O4. The Labute approximate surface area is 186 Å². The van der Waals surface area contributed by atoms with Crippen LogP contribution in [0.15, 0.2) is 48.2 Å². The molecule has 4 rings (SSSR count). The van der Waals surface area contributed by atoms with Gasteiger partial charge in [-0.05, 0) is 57.3 Å². The minimum absolute atomic E-state index is 0.00334. The molecule has 0 radical (unpaired) electrons. The van der Waals surface area contributed by atoms with Gasteiger partial charge in [-0.25, -0.2) is 4.98 Å². The van der Waals surface area contributed by atoms with Gasteiger partial charge in [0.05, 0.1) is 17.3 Å². The standard InChI is InChI=1S/C24H26N4O4/c1-14-6-5-11-27-15(2)19(25-23(14)27)21(30)18-20(16-7-9-17(29)10-8-16)28(13-12-26(3)4)24(32)22(18)31/h5-11,20,29-30H,12-13H2,1-4H3. The number of likely N-dealkylation sites (N-methyl/N-ethyl adjacent to an activating group) is 1. The highest BCUT2D eigenvalue weighted by molar-refractivity contribution is 6.46. The molecule has 1 atom stereocenters. The van der Waals surface area contributed by atoms with E-state index in [1.165, 1.54) is 17.0 Å². The van der Waals surface area contributed by atoms with Crippen molar-refractivity contribution in [2.75, 3.05) is 27.2 Å². The molecule has 1 aromatic carbocycles. The summed E-state index contributed by atoms with van der Waals surface area (Å²) in [6, 6.07) is 9.34. The molecular weight excluding hydrogens is 408 g/mol. The molecule has 3 heterocycles. The first-order chi connectivity index (χ1) is 15.2. The lowest BCUT2D eigenvalue weighted by Gasteiger charge is -2.26. The zero-order valence-electron chi connectivity index (χ0n) is 18.5. The minimum atomic E-state index is -0.777. The van der Waals surface area contributed by atoms with Gasteiger partial charge in [-0.1, -0.05) is 18.2 Å². The smallest absolute Gasteiger partial charge is 0.295 e. The van der Waals surface area contributed by atoms with E-state index in [0.29, 0.717) is 30.0 Å². The van der Waals surface area contributed by atoms with Gasteiger partial charge in [0.2, 0.25) is 0 Å². The normalized spacial score (nSPS) is 18.3. The predicted octanol–water partition coefficient (Wildman–Crippen LogP) is 2.64. The summed E-state index contributed by atoms with van der Waals surface area (Å²) in [5.74, 6) is -1.63. The van der Waals surface area contributed by atoms with E-state index in [0.717, 1.165) is 5.56 Å². The fourth-order valence-corrected chi connectivity index (χ4v) is 4.10. The SMILES string of the molecule is Cc1cccn2c(C)c(C(O)=C3C(=O)C(=O)N(CCN(C)C)C3c3ccc(O)cc3)nc12. The van der Waals surface area contributed by atoms with Crippen molar-refractivity contribution in [2.45, 2.75) is 19.9 Å². The highest BCUT2D eigenvalue weighted by atomic mass is 16.3. The van der Waals surface area contributed by atoms with Gasteiger partial charge in [-0.15, -0.1) is 0 Å². The van der Waals surface area contributed by atoms with Gasteiger partial charge in [0, 0.05) is 19.3 Å². The van der Waals surface area contributed by atoms with E-state index < -0.39 is 17.7 Å². The van der Waals surface area contributed by atoms with Gasteiger partial charge < -0.3 is 24.4 Å². The summed E-state index contributed by atoms with van der Waals surface area (Å²) < 4.78 is 1.85. The first-order valence-electron chi connectivity index (χ1n) is 10.4. The number of carbonyl (C=O) groups is 2. The molecule has 8 nitrogen and oxygen atoms in total. The molecule has 3 aromatic rings. The maximum absolute atomic E-state index is 13.1. The molecule has 0 saturated carbocycles. The van der Waals surface area contributed by atoms with Crippen molar-refractivity contribution < 1.29 is 19.8 Å². The predicted molar refractivity (Wildman–Crippen MR) is 120 cm³/mol. The third kappa shape index (κ3) is 3.52. The molecule has 8 heteroatoms. The molecule has 1 unspecified atom stereocenters. The average Bonchev–Trinajstić information content (AvgIpc) is 3.22. The number of rotatable bonds is 5. The number of aliphatic hydroxyl groups is 1. The highest BCUT2D eigenvalue weighted by Crippen LogP contribution is 2.40. The van der Waals surface area contributed by atoms with Crippen LogP contribution in [0.1, 0.15) is 28.6 Å². The molecule has 0 bridgehead atoms. The first kappa shape index (κ1) is 21.6. The molecule has 2 aromatic heterocycles. The van der Waals surface area contributed by atoms with Crippen molar-refractivity contribution in [3.63, 3.8) is 0 Å². The number of benzene rings is 1. The number of fused-ring (bicyclic) bond motifs is 1. The fourth-order valence-electron chi connectivity index (χ4n) is 4.10. The molecule has 1 fully saturated rings. The van der Waals surface area contributed by atoms with E-state index in [2.05, 4.69) is 4.98 Å². The summed E-state index contributed by atoms with van der Waals surface area (Å²) in [5.41, 5.74) is 3.17. The number of aromatic nitrogens is 2. The second-order valence-electron chi connectivity index (χ2n) is 8.32. The number of carbonyl (C=O) groups excluding carboxylic acids is 2. The van der Waals surface area contributed by atoms with Crippen molar-refractivity contribution in [2.24, 2.45) is 0 Å². The zero-order chi connectivity index (χ0) is 23.2. The average molecular weight is 434 g/mol. The van der Waals surface area contributed by atoms with Crippen LogP contribution in [0.3, 0.4) is 0 Å². The van der Waals surface area contributed by atoms with E-state index in [1.54, 1.807) is 12.1 Å². The van der Waals surface area contributed by atoms with Crippen molar-refractivity contribution in [1.29, 1.82) is 0 Å². The van der Waals surface area contributed by atoms with Crippen LogP contribution in [0.2, 0.25) is 0 Å². The Morgan fingerprint density at radius 2 is 1.81 bits per heavy atom. The maximum atomic E-state index is 13.1. The van der Waals surface area contributed by atoms with Crippen LogP contribution in [0.5, 0.6) is 5.75 Å². The fraction of sp³-hybridized carbons (Fsp3) is 0.292. The number of pyridine rings is 1. The number of aryl methyl sites for hydroxylation is 2. The van der Waals surface area contributed by atoms with Gasteiger partial charge in [-0.3, -0.25) is 9.59 Å². The van der Waals surface area contributed by atoms with Gasteiger partial charge >= 0.3 is 0 Å². The lowest BCUT2D eigenvalue weighted by Crippen LogP contribution is -2.35. The Bertz CT molecular complexity index is 1240.